The second-order valence-electron chi connectivity index (χ2n) is 3.48. The molecule has 1 aromatic heterocycles. The van der Waals surface area contributed by atoms with Crippen molar-refractivity contribution in [3.8, 4) is 12.1 Å². The van der Waals surface area contributed by atoms with E-state index in [1.54, 1.807) is 12.1 Å². The number of hydrogen-bond acceptors (Lipinski definition) is 4. The number of anilines is 1. The first-order valence-corrected chi connectivity index (χ1v) is 4.96. The Morgan fingerprint density at radius 3 is 2.88 bits per heavy atom. The van der Waals surface area contributed by atoms with E-state index >= 15 is 0 Å². The summed E-state index contributed by atoms with van der Waals surface area (Å²) in [6, 6.07) is 9.14. The number of H-pyrrole nitrogens is 1. The number of fused-ring (bicyclic) bond motifs is 1. The zero-order valence-electron chi connectivity index (χ0n) is 9.15. The Morgan fingerprint density at radius 1 is 1.41 bits per heavy atom. The van der Waals surface area contributed by atoms with Crippen LogP contribution in [0.25, 0.3) is 11.0 Å². The number of nitrogens with one attached hydrogen (secondary N) is 2. The number of aromatic nitrogens is 2. The summed E-state index contributed by atoms with van der Waals surface area (Å²) in [5, 5.41) is 20.1. The summed E-state index contributed by atoms with van der Waals surface area (Å²) in [4.78, 5) is 7.39. The normalized spacial score (nSPS) is 9.35. The number of nitriles is 2. The number of hydrogen-bond donors (Lipinski definition) is 2. The van der Waals surface area contributed by atoms with Crippen LogP contribution < -0.4 is 5.32 Å². The van der Waals surface area contributed by atoms with Crippen molar-refractivity contribution >= 4 is 16.7 Å². The fourth-order valence-electron chi connectivity index (χ4n) is 1.47. The van der Waals surface area contributed by atoms with E-state index in [1.165, 1.54) is 6.20 Å². The third-order valence-electron chi connectivity index (χ3n) is 2.22. The third-order valence-corrected chi connectivity index (χ3v) is 2.22. The predicted molar refractivity (Wildman–Crippen MR) is 63.8 cm³/mol. The van der Waals surface area contributed by atoms with Crippen molar-refractivity contribution in [2.45, 2.75) is 6.92 Å². The summed E-state index contributed by atoms with van der Waals surface area (Å²) < 4.78 is 0. The van der Waals surface area contributed by atoms with Gasteiger partial charge in [-0.05, 0) is 25.1 Å². The van der Waals surface area contributed by atoms with Crippen molar-refractivity contribution < 1.29 is 0 Å². The van der Waals surface area contributed by atoms with Crippen molar-refractivity contribution in [3.05, 3.63) is 35.8 Å². The lowest BCUT2D eigenvalue weighted by molar-refractivity contribution is 1.17. The zero-order chi connectivity index (χ0) is 12.3. The number of nitrogens with zero attached hydrogens (tertiary/aromatic N) is 3. The maximum absolute atomic E-state index is 8.58. The number of allylic oxidation sites excluding steroid dienone is 1. The number of rotatable bonds is 2. The van der Waals surface area contributed by atoms with Gasteiger partial charge < -0.3 is 10.3 Å². The Labute approximate surface area is 98.0 Å². The van der Waals surface area contributed by atoms with Crippen LogP contribution in [0, 0.1) is 29.6 Å². The van der Waals surface area contributed by atoms with E-state index in [1.807, 2.05) is 25.1 Å². The van der Waals surface area contributed by atoms with Gasteiger partial charge in [0.2, 0.25) is 0 Å². The molecule has 0 aliphatic rings. The van der Waals surface area contributed by atoms with Crippen molar-refractivity contribution in [2.75, 3.05) is 5.32 Å². The molecule has 0 fully saturated rings. The average molecular weight is 223 g/mol. The summed E-state index contributed by atoms with van der Waals surface area (Å²) >= 11 is 0. The van der Waals surface area contributed by atoms with Crippen LogP contribution in [0.1, 0.15) is 5.82 Å². The third kappa shape index (κ3) is 2.24. The fraction of sp³-hybridized carbons (Fsp3) is 0.0833. The molecular weight excluding hydrogens is 214 g/mol. The summed E-state index contributed by atoms with van der Waals surface area (Å²) in [7, 11) is 0. The zero-order valence-corrected chi connectivity index (χ0v) is 9.15. The average Bonchev–Trinajstić information content (AvgIpc) is 2.69. The van der Waals surface area contributed by atoms with E-state index in [9.17, 15) is 0 Å². The summed E-state index contributed by atoms with van der Waals surface area (Å²) in [5.74, 6) is 0.849. The molecule has 0 spiro atoms. The van der Waals surface area contributed by atoms with E-state index in [4.69, 9.17) is 10.5 Å². The van der Waals surface area contributed by atoms with Gasteiger partial charge in [-0.1, -0.05) is 0 Å². The van der Waals surface area contributed by atoms with E-state index in [0.29, 0.717) is 0 Å². The quantitative estimate of drug-likeness (QED) is 0.764. The van der Waals surface area contributed by atoms with Crippen LogP contribution in [0.4, 0.5) is 5.69 Å². The van der Waals surface area contributed by atoms with E-state index in [0.717, 1.165) is 22.5 Å². The van der Waals surface area contributed by atoms with E-state index < -0.39 is 0 Å². The molecule has 0 unspecified atom stereocenters. The molecule has 0 aliphatic heterocycles. The summed E-state index contributed by atoms with van der Waals surface area (Å²) in [5.41, 5.74) is 2.63. The lowest BCUT2D eigenvalue weighted by atomic mass is 10.2. The van der Waals surface area contributed by atoms with Crippen molar-refractivity contribution in [2.24, 2.45) is 0 Å². The molecule has 17 heavy (non-hydrogen) atoms. The van der Waals surface area contributed by atoms with Crippen LogP contribution in [0.5, 0.6) is 0 Å². The minimum absolute atomic E-state index is 0.0332. The highest BCUT2D eigenvalue weighted by Crippen LogP contribution is 2.17. The molecule has 2 N–H and O–H groups in total. The van der Waals surface area contributed by atoms with Gasteiger partial charge in [0.25, 0.3) is 0 Å². The lowest BCUT2D eigenvalue weighted by Crippen LogP contribution is -1.89. The smallest absolute Gasteiger partial charge is 0.145 e. The van der Waals surface area contributed by atoms with Gasteiger partial charge in [0.05, 0.1) is 11.0 Å². The monoisotopic (exact) mass is 223 g/mol. The van der Waals surface area contributed by atoms with Crippen LogP contribution in [-0.2, 0) is 0 Å². The maximum Gasteiger partial charge on any atom is 0.145 e. The van der Waals surface area contributed by atoms with Crippen molar-refractivity contribution in [1.29, 1.82) is 10.5 Å². The number of benzene rings is 1. The molecule has 82 valence electrons. The molecular formula is C12H9N5. The van der Waals surface area contributed by atoms with E-state index in [-0.39, 0.29) is 5.57 Å². The largest absolute Gasteiger partial charge is 0.360 e. The van der Waals surface area contributed by atoms with E-state index in [2.05, 4.69) is 15.3 Å². The van der Waals surface area contributed by atoms with Gasteiger partial charge in [-0.25, -0.2) is 4.98 Å². The molecule has 1 aromatic carbocycles. The molecule has 0 bridgehead atoms. The van der Waals surface area contributed by atoms with Gasteiger partial charge in [0.1, 0.15) is 23.5 Å². The number of imidazole rings is 1. The first kappa shape index (κ1) is 10.7. The Hall–Kier alpha value is -2.79. The van der Waals surface area contributed by atoms with Crippen LogP contribution in [0.15, 0.2) is 30.0 Å². The highest BCUT2D eigenvalue weighted by molar-refractivity contribution is 5.79. The van der Waals surface area contributed by atoms with Crippen LogP contribution >= 0.6 is 0 Å². The highest BCUT2D eigenvalue weighted by atomic mass is 14.9. The van der Waals surface area contributed by atoms with Gasteiger partial charge in [0, 0.05) is 11.9 Å². The molecule has 0 aliphatic carbocycles. The molecule has 5 nitrogen and oxygen atoms in total. The minimum atomic E-state index is 0.0332. The lowest BCUT2D eigenvalue weighted by Gasteiger charge is -1.99. The van der Waals surface area contributed by atoms with Gasteiger partial charge in [-0.3, -0.25) is 0 Å². The van der Waals surface area contributed by atoms with Gasteiger partial charge in [-0.15, -0.1) is 0 Å². The molecule has 2 rings (SSSR count). The van der Waals surface area contributed by atoms with Crippen LogP contribution in [0.2, 0.25) is 0 Å². The van der Waals surface area contributed by atoms with Crippen molar-refractivity contribution in [3.63, 3.8) is 0 Å². The minimum Gasteiger partial charge on any atom is -0.360 e. The number of aryl methyl sites for hydroxylation is 1. The fourth-order valence-corrected chi connectivity index (χ4v) is 1.47. The molecule has 5 heteroatoms. The van der Waals surface area contributed by atoms with Gasteiger partial charge >= 0.3 is 0 Å². The summed E-state index contributed by atoms with van der Waals surface area (Å²) in [6.45, 7) is 1.89. The second-order valence-corrected chi connectivity index (χ2v) is 3.48. The Bertz CT molecular complexity index is 650. The summed E-state index contributed by atoms with van der Waals surface area (Å²) in [6.07, 6.45) is 1.38. The maximum atomic E-state index is 8.58. The van der Waals surface area contributed by atoms with Crippen LogP contribution in [0.3, 0.4) is 0 Å². The predicted octanol–water partition coefficient (Wildman–Crippen LogP) is 2.21. The second kappa shape index (κ2) is 4.38. The highest BCUT2D eigenvalue weighted by Gasteiger charge is 2.00. The molecule has 2 aromatic rings. The van der Waals surface area contributed by atoms with Crippen molar-refractivity contribution in [1.82, 2.24) is 9.97 Å². The standard InChI is InChI=1S/C12H9N5/c1-8-16-11-3-2-10(4-12(11)17-8)15-7-9(5-13)6-14/h2-4,7,15H,1H3,(H,16,17). The Morgan fingerprint density at radius 2 is 2.18 bits per heavy atom. The molecule has 0 saturated heterocycles. The van der Waals surface area contributed by atoms with Crippen LogP contribution in [-0.4, -0.2) is 9.97 Å². The number of aromatic amines is 1. The van der Waals surface area contributed by atoms with Gasteiger partial charge in [0.15, 0.2) is 0 Å². The first-order chi connectivity index (χ1) is 8.22. The molecule has 0 amide bonds. The Kier molecular flexibility index (Phi) is 2.76. The molecule has 1 heterocycles. The first-order valence-electron chi connectivity index (χ1n) is 4.96. The van der Waals surface area contributed by atoms with Gasteiger partial charge in [-0.2, -0.15) is 10.5 Å². The Balaban J connectivity index is 2.29. The molecule has 0 atom stereocenters. The SMILES string of the molecule is Cc1nc2ccc(NC=C(C#N)C#N)cc2[nH]1. The molecule has 0 radical (unpaired) electrons. The molecule has 0 saturated carbocycles. The topological polar surface area (TPSA) is 88.3 Å².